The minimum Gasteiger partial charge on any atom is -0.351 e. The van der Waals surface area contributed by atoms with E-state index in [1.165, 1.54) is 6.33 Å². The Kier molecular flexibility index (Phi) is 5.80. The lowest BCUT2D eigenvalue weighted by atomic mass is 9.99. The van der Waals surface area contributed by atoms with E-state index in [0.29, 0.717) is 19.0 Å². The van der Waals surface area contributed by atoms with Gasteiger partial charge in [0, 0.05) is 13.1 Å². The van der Waals surface area contributed by atoms with Gasteiger partial charge < -0.3 is 4.90 Å². The number of carbonyl (C=O) groups excluding carboxylic acids is 1. The standard InChI is InChI=1S/C18H22N6O3/c1-13-7-9-23(10-8-13)18-16(24(26)27)17(19-12-20-18)22-21-15(25)11-14-5-3-2-4-6-14/h2-6,12-13H,7-11H2,1H3,(H,21,25)(H,19,20,22). The van der Waals surface area contributed by atoms with Crippen molar-refractivity contribution in [1.82, 2.24) is 15.4 Å². The molecule has 142 valence electrons. The fraction of sp³-hybridized carbons (Fsp3) is 0.389. The Labute approximate surface area is 156 Å². The summed E-state index contributed by atoms with van der Waals surface area (Å²) >= 11 is 0. The third-order valence-electron chi connectivity index (χ3n) is 4.60. The van der Waals surface area contributed by atoms with Gasteiger partial charge >= 0.3 is 5.69 Å². The molecular weight excluding hydrogens is 348 g/mol. The maximum absolute atomic E-state index is 12.1. The minimum absolute atomic E-state index is 0.0231. The van der Waals surface area contributed by atoms with E-state index < -0.39 is 4.92 Å². The molecule has 2 N–H and O–H groups in total. The largest absolute Gasteiger partial charge is 0.355 e. The SMILES string of the molecule is CC1CCN(c2ncnc(NNC(=O)Cc3ccccc3)c2[N+](=O)[O-])CC1. The summed E-state index contributed by atoms with van der Waals surface area (Å²) < 4.78 is 0. The molecule has 2 heterocycles. The molecule has 0 atom stereocenters. The van der Waals surface area contributed by atoms with Crippen LogP contribution in [0.4, 0.5) is 17.3 Å². The van der Waals surface area contributed by atoms with Crippen LogP contribution in [0.5, 0.6) is 0 Å². The van der Waals surface area contributed by atoms with Gasteiger partial charge in [0.1, 0.15) is 6.33 Å². The monoisotopic (exact) mass is 370 g/mol. The Morgan fingerprint density at radius 1 is 1.26 bits per heavy atom. The van der Waals surface area contributed by atoms with Crippen LogP contribution in [0, 0.1) is 16.0 Å². The van der Waals surface area contributed by atoms with Crippen molar-refractivity contribution in [3.8, 4) is 0 Å². The van der Waals surface area contributed by atoms with Gasteiger partial charge in [0.2, 0.25) is 17.5 Å². The number of nitrogens with one attached hydrogen (secondary N) is 2. The van der Waals surface area contributed by atoms with Gasteiger partial charge in [-0.3, -0.25) is 25.8 Å². The Hall–Kier alpha value is -3.23. The average molecular weight is 370 g/mol. The molecule has 9 nitrogen and oxygen atoms in total. The van der Waals surface area contributed by atoms with Crippen LogP contribution < -0.4 is 15.8 Å². The number of hydrazine groups is 1. The molecular formula is C18H22N6O3. The van der Waals surface area contributed by atoms with Crippen molar-refractivity contribution in [2.45, 2.75) is 26.2 Å². The molecule has 0 bridgehead atoms. The van der Waals surface area contributed by atoms with Gasteiger partial charge in [0.05, 0.1) is 11.3 Å². The number of hydrogen-bond donors (Lipinski definition) is 2. The van der Waals surface area contributed by atoms with Crippen LogP contribution in [0.25, 0.3) is 0 Å². The van der Waals surface area contributed by atoms with Crippen LogP contribution in [-0.4, -0.2) is 33.9 Å². The summed E-state index contributed by atoms with van der Waals surface area (Å²) in [7, 11) is 0. The molecule has 1 aliphatic rings. The lowest BCUT2D eigenvalue weighted by molar-refractivity contribution is -0.383. The number of amides is 1. The van der Waals surface area contributed by atoms with E-state index in [9.17, 15) is 14.9 Å². The number of benzene rings is 1. The zero-order chi connectivity index (χ0) is 19.2. The van der Waals surface area contributed by atoms with Gasteiger partial charge in [-0.15, -0.1) is 0 Å². The molecule has 1 aromatic carbocycles. The zero-order valence-electron chi connectivity index (χ0n) is 15.1. The maximum Gasteiger partial charge on any atom is 0.355 e. The summed E-state index contributed by atoms with van der Waals surface area (Å²) in [4.78, 5) is 33.2. The van der Waals surface area contributed by atoms with Crippen molar-refractivity contribution in [3.63, 3.8) is 0 Å². The smallest absolute Gasteiger partial charge is 0.351 e. The molecule has 1 saturated heterocycles. The van der Waals surface area contributed by atoms with E-state index in [1.54, 1.807) is 0 Å². The third kappa shape index (κ3) is 4.69. The first-order chi connectivity index (χ1) is 13.0. The fourth-order valence-electron chi connectivity index (χ4n) is 3.04. The highest BCUT2D eigenvalue weighted by Crippen LogP contribution is 2.33. The van der Waals surface area contributed by atoms with Gasteiger partial charge in [0.15, 0.2) is 0 Å². The molecule has 0 spiro atoms. The maximum atomic E-state index is 12.1. The highest BCUT2D eigenvalue weighted by atomic mass is 16.6. The van der Waals surface area contributed by atoms with Gasteiger partial charge in [-0.1, -0.05) is 37.3 Å². The van der Waals surface area contributed by atoms with Crippen LogP contribution in [0.2, 0.25) is 0 Å². The van der Waals surface area contributed by atoms with Crippen molar-refractivity contribution in [2.24, 2.45) is 5.92 Å². The van der Waals surface area contributed by atoms with Gasteiger partial charge in [0.25, 0.3) is 0 Å². The zero-order valence-corrected chi connectivity index (χ0v) is 15.1. The molecule has 1 aliphatic heterocycles. The molecule has 2 aromatic rings. The summed E-state index contributed by atoms with van der Waals surface area (Å²) in [5, 5.41) is 11.6. The van der Waals surface area contributed by atoms with E-state index in [2.05, 4.69) is 27.7 Å². The van der Waals surface area contributed by atoms with Crippen molar-refractivity contribution >= 4 is 23.2 Å². The molecule has 0 saturated carbocycles. The lowest BCUT2D eigenvalue weighted by Crippen LogP contribution is -2.35. The Morgan fingerprint density at radius 3 is 2.63 bits per heavy atom. The molecule has 1 aromatic heterocycles. The predicted octanol–water partition coefficient (Wildman–Crippen LogP) is 2.31. The van der Waals surface area contributed by atoms with Crippen LogP contribution in [-0.2, 0) is 11.2 Å². The number of rotatable bonds is 6. The number of aromatic nitrogens is 2. The second-order valence-corrected chi connectivity index (χ2v) is 6.66. The minimum atomic E-state index is -0.515. The van der Waals surface area contributed by atoms with E-state index in [0.717, 1.165) is 18.4 Å². The van der Waals surface area contributed by atoms with E-state index >= 15 is 0 Å². The first kappa shape index (κ1) is 18.6. The quantitative estimate of drug-likeness (QED) is 0.592. The Morgan fingerprint density at radius 2 is 1.96 bits per heavy atom. The molecule has 1 fully saturated rings. The van der Waals surface area contributed by atoms with Gasteiger partial charge in [-0.2, -0.15) is 0 Å². The highest BCUT2D eigenvalue weighted by molar-refractivity contribution is 5.81. The van der Waals surface area contributed by atoms with E-state index in [-0.39, 0.29) is 29.7 Å². The van der Waals surface area contributed by atoms with Crippen molar-refractivity contribution < 1.29 is 9.72 Å². The molecule has 9 heteroatoms. The molecule has 0 unspecified atom stereocenters. The fourth-order valence-corrected chi connectivity index (χ4v) is 3.04. The van der Waals surface area contributed by atoms with Crippen LogP contribution >= 0.6 is 0 Å². The lowest BCUT2D eigenvalue weighted by Gasteiger charge is -2.30. The van der Waals surface area contributed by atoms with Crippen LogP contribution in [0.3, 0.4) is 0 Å². The first-order valence-corrected chi connectivity index (χ1v) is 8.87. The van der Waals surface area contributed by atoms with Crippen molar-refractivity contribution in [3.05, 3.63) is 52.3 Å². The summed E-state index contributed by atoms with van der Waals surface area (Å²) in [5.41, 5.74) is 5.68. The Balaban J connectivity index is 1.72. The van der Waals surface area contributed by atoms with Gasteiger partial charge in [-0.25, -0.2) is 9.97 Å². The predicted molar refractivity (Wildman–Crippen MR) is 101 cm³/mol. The Bertz CT molecular complexity index is 806. The van der Waals surface area contributed by atoms with E-state index in [4.69, 9.17) is 0 Å². The molecule has 3 rings (SSSR count). The molecule has 0 aliphatic carbocycles. The molecule has 27 heavy (non-hydrogen) atoms. The van der Waals surface area contributed by atoms with E-state index in [1.807, 2.05) is 35.2 Å². The number of carbonyl (C=O) groups is 1. The summed E-state index contributed by atoms with van der Waals surface area (Å²) in [5.74, 6) is 0.534. The third-order valence-corrected chi connectivity index (χ3v) is 4.60. The number of piperidine rings is 1. The summed E-state index contributed by atoms with van der Waals surface area (Å²) in [6.45, 7) is 3.58. The topological polar surface area (TPSA) is 113 Å². The second-order valence-electron chi connectivity index (χ2n) is 6.66. The average Bonchev–Trinajstić information content (AvgIpc) is 2.67. The van der Waals surface area contributed by atoms with Crippen LogP contribution in [0.15, 0.2) is 36.7 Å². The number of anilines is 2. The highest BCUT2D eigenvalue weighted by Gasteiger charge is 2.29. The van der Waals surface area contributed by atoms with Gasteiger partial charge in [-0.05, 0) is 24.3 Å². The normalized spacial score (nSPS) is 14.6. The number of nitrogens with zero attached hydrogens (tertiary/aromatic N) is 4. The van der Waals surface area contributed by atoms with Crippen LogP contribution in [0.1, 0.15) is 25.3 Å². The molecule has 1 amide bonds. The van der Waals surface area contributed by atoms with Crippen molar-refractivity contribution in [1.29, 1.82) is 0 Å². The number of hydrogen-bond acceptors (Lipinski definition) is 7. The summed E-state index contributed by atoms with van der Waals surface area (Å²) in [6, 6.07) is 9.23. The first-order valence-electron chi connectivity index (χ1n) is 8.87. The second kappa shape index (κ2) is 8.43. The summed E-state index contributed by atoms with van der Waals surface area (Å²) in [6.07, 6.45) is 3.34. The van der Waals surface area contributed by atoms with Crippen molar-refractivity contribution in [2.75, 3.05) is 23.4 Å². The number of nitro groups is 1. The molecule has 0 radical (unpaired) electrons.